The third kappa shape index (κ3) is 26.9. The van der Waals surface area contributed by atoms with Gasteiger partial charge in [-0.1, -0.05) is 115 Å². The molecule has 4 nitrogen and oxygen atoms in total. The molecule has 0 fully saturated rings. The van der Waals surface area contributed by atoms with E-state index in [2.05, 4.69) is 38.2 Å². The summed E-state index contributed by atoms with van der Waals surface area (Å²) in [6.45, 7) is 4.39. The van der Waals surface area contributed by atoms with Crippen molar-refractivity contribution in [1.82, 2.24) is 0 Å². The lowest BCUT2D eigenvalue weighted by Crippen LogP contribution is -2.21. The zero-order valence-electron chi connectivity index (χ0n) is 23.1. The van der Waals surface area contributed by atoms with Crippen molar-refractivity contribution in [3.8, 4) is 0 Å². The van der Waals surface area contributed by atoms with Gasteiger partial charge in [-0.2, -0.15) is 0 Å². The molecule has 0 saturated carbocycles. The molecule has 0 radical (unpaired) electrons. The number of carboxylic acids is 1. The Balaban J connectivity index is 3.54. The fraction of sp³-hybridized carbons (Fsp3) is 0.806. The fourth-order valence-electron chi connectivity index (χ4n) is 4.23. The molecule has 0 aliphatic rings. The van der Waals surface area contributed by atoms with Crippen LogP contribution in [-0.4, -0.2) is 23.1 Å². The highest BCUT2D eigenvalue weighted by Gasteiger charge is 2.17. The molecule has 1 unspecified atom stereocenters. The first-order chi connectivity index (χ1) is 17.1. The second-order valence-electron chi connectivity index (χ2n) is 9.95. The molecule has 0 heterocycles. The van der Waals surface area contributed by atoms with Crippen LogP contribution in [0.4, 0.5) is 0 Å². The molecule has 35 heavy (non-hydrogen) atoms. The van der Waals surface area contributed by atoms with Crippen molar-refractivity contribution >= 4 is 11.9 Å². The zero-order chi connectivity index (χ0) is 25.8. The van der Waals surface area contributed by atoms with E-state index in [1.54, 1.807) is 0 Å². The average Bonchev–Trinajstić information content (AvgIpc) is 2.82. The van der Waals surface area contributed by atoms with Crippen LogP contribution in [0.5, 0.6) is 0 Å². The number of hydrogen-bond donors (Lipinski definition) is 1. The lowest BCUT2D eigenvalue weighted by molar-refractivity contribution is -0.153. The molecule has 0 aromatic carbocycles. The molecule has 0 aliphatic carbocycles. The van der Waals surface area contributed by atoms with Crippen molar-refractivity contribution in [2.75, 3.05) is 0 Å². The number of allylic oxidation sites excluding steroid dienone is 4. The molecule has 1 atom stereocenters. The van der Waals surface area contributed by atoms with Crippen LogP contribution in [-0.2, 0) is 14.3 Å². The van der Waals surface area contributed by atoms with Gasteiger partial charge in [0.25, 0.3) is 0 Å². The number of carbonyl (C=O) groups excluding carboxylic acids is 1. The van der Waals surface area contributed by atoms with E-state index < -0.39 is 12.1 Å². The summed E-state index contributed by atoms with van der Waals surface area (Å²) in [5.74, 6) is -1.13. The van der Waals surface area contributed by atoms with E-state index in [1.165, 1.54) is 70.6 Å². The van der Waals surface area contributed by atoms with E-state index in [0.29, 0.717) is 12.8 Å². The van der Waals surface area contributed by atoms with Gasteiger partial charge in [-0.05, 0) is 51.4 Å². The summed E-state index contributed by atoms with van der Waals surface area (Å²) in [5, 5.41) is 9.05. The highest BCUT2D eigenvalue weighted by molar-refractivity contribution is 5.71. The molecular formula is C31H56O4. The van der Waals surface area contributed by atoms with Gasteiger partial charge in [-0.15, -0.1) is 0 Å². The van der Waals surface area contributed by atoms with Gasteiger partial charge in [0.05, 0.1) is 6.42 Å². The number of ether oxygens (including phenoxy) is 1. The average molecular weight is 493 g/mol. The largest absolute Gasteiger partial charge is 0.481 e. The van der Waals surface area contributed by atoms with Crippen molar-refractivity contribution in [2.45, 2.75) is 161 Å². The standard InChI is InChI=1S/C31H56O4/c1-3-5-7-9-10-11-12-13-14-15-16-17-18-19-20-21-22-23-25-27-31(34)35-29(28-30(32)33)26-24-8-6-4-2/h10-11,13-14,29H,3-9,12,15-28H2,1-2H3,(H,32,33)/b11-10-,14-13-. The number of carbonyl (C=O) groups is 2. The minimum absolute atomic E-state index is 0.0787. The van der Waals surface area contributed by atoms with E-state index in [9.17, 15) is 9.59 Å². The van der Waals surface area contributed by atoms with Crippen molar-refractivity contribution in [3.05, 3.63) is 24.3 Å². The Morgan fingerprint density at radius 2 is 1.14 bits per heavy atom. The van der Waals surface area contributed by atoms with E-state index >= 15 is 0 Å². The van der Waals surface area contributed by atoms with Gasteiger partial charge >= 0.3 is 11.9 Å². The predicted molar refractivity (Wildman–Crippen MR) is 149 cm³/mol. The van der Waals surface area contributed by atoms with Gasteiger partial charge in [-0.3, -0.25) is 9.59 Å². The van der Waals surface area contributed by atoms with Crippen molar-refractivity contribution in [1.29, 1.82) is 0 Å². The van der Waals surface area contributed by atoms with Crippen LogP contribution in [0.2, 0.25) is 0 Å². The Morgan fingerprint density at radius 3 is 1.71 bits per heavy atom. The number of aliphatic carboxylic acids is 1. The van der Waals surface area contributed by atoms with E-state index in [-0.39, 0.29) is 12.4 Å². The molecule has 0 aromatic rings. The maximum Gasteiger partial charge on any atom is 0.307 e. The van der Waals surface area contributed by atoms with Crippen molar-refractivity contribution in [2.24, 2.45) is 0 Å². The topological polar surface area (TPSA) is 63.6 Å². The molecule has 4 heteroatoms. The Bertz CT molecular complexity index is 538. The van der Waals surface area contributed by atoms with Crippen LogP contribution in [0.15, 0.2) is 24.3 Å². The van der Waals surface area contributed by atoms with Crippen LogP contribution in [0.3, 0.4) is 0 Å². The van der Waals surface area contributed by atoms with Crippen molar-refractivity contribution in [3.63, 3.8) is 0 Å². The molecule has 204 valence electrons. The maximum absolute atomic E-state index is 12.1. The highest BCUT2D eigenvalue weighted by atomic mass is 16.5. The first-order valence-corrected chi connectivity index (χ1v) is 14.8. The quantitative estimate of drug-likeness (QED) is 0.0741. The van der Waals surface area contributed by atoms with E-state index in [0.717, 1.165) is 51.4 Å². The Hall–Kier alpha value is -1.58. The molecule has 0 rings (SSSR count). The molecule has 0 aromatic heterocycles. The summed E-state index contributed by atoms with van der Waals surface area (Å²) in [6.07, 6.45) is 32.3. The summed E-state index contributed by atoms with van der Waals surface area (Å²) >= 11 is 0. The summed E-state index contributed by atoms with van der Waals surface area (Å²) in [5.41, 5.74) is 0. The monoisotopic (exact) mass is 492 g/mol. The van der Waals surface area contributed by atoms with Crippen LogP contribution in [0, 0.1) is 0 Å². The number of rotatable bonds is 26. The smallest absolute Gasteiger partial charge is 0.307 e. The van der Waals surface area contributed by atoms with Gasteiger partial charge < -0.3 is 9.84 Å². The molecular weight excluding hydrogens is 436 g/mol. The molecule has 0 saturated heterocycles. The fourth-order valence-corrected chi connectivity index (χ4v) is 4.23. The van der Waals surface area contributed by atoms with E-state index in [4.69, 9.17) is 9.84 Å². The minimum Gasteiger partial charge on any atom is -0.481 e. The van der Waals surface area contributed by atoms with Crippen molar-refractivity contribution < 1.29 is 19.4 Å². The van der Waals surface area contributed by atoms with Crippen LogP contribution in [0.25, 0.3) is 0 Å². The zero-order valence-corrected chi connectivity index (χ0v) is 23.1. The van der Waals surface area contributed by atoms with Gasteiger partial charge in [0, 0.05) is 6.42 Å². The maximum atomic E-state index is 12.1. The molecule has 1 N–H and O–H groups in total. The number of carboxylic acid groups (broad SMARTS) is 1. The molecule has 0 amide bonds. The van der Waals surface area contributed by atoms with Gasteiger partial charge in [0.15, 0.2) is 0 Å². The Labute approximate surface area is 217 Å². The van der Waals surface area contributed by atoms with Gasteiger partial charge in [-0.25, -0.2) is 0 Å². The van der Waals surface area contributed by atoms with E-state index in [1.807, 2.05) is 0 Å². The minimum atomic E-state index is -0.893. The summed E-state index contributed by atoms with van der Waals surface area (Å²) in [6, 6.07) is 0. The third-order valence-corrected chi connectivity index (χ3v) is 6.41. The predicted octanol–water partition coefficient (Wildman–Crippen LogP) is 9.72. The number of hydrogen-bond acceptors (Lipinski definition) is 3. The first kappa shape index (κ1) is 33.4. The highest BCUT2D eigenvalue weighted by Crippen LogP contribution is 2.15. The second-order valence-corrected chi connectivity index (χ2v) is 9.95. The second kappa shape index (κ2) is 27.0. The van der Waals surface area contributed by atoms with Crippen LogP contribution < -0.4 is 0 Å². The molecule has 0 aliphatic heterocycles. The third-order valence-electron chi connectivity index (χ3n) is 6.41. The first-order valence-electron chi connectivity index (χ1n) is 14.8. The summed E-state index contributed by atoms with van der Waals surface area (Å²) < 4.78 is 5.45. The number of esters is 1. The normalized spacial score (nSPS) is 12.5. The number of unbranched alkanes of at least 4 members (excludes halogenated alkanes) is 15. The molecule has 0 bridgehead atoms. The lowest BCUT2D eigenvalue weighted by Gasteiger charge is -2.16. The van der Waals surface area contributed by atoms with Gasteiger partial charge in [0.2, 0.25) is 0 Å². The SMILES string of the molecule is CCCCC/C=C\C/C=C\CCCCCCCCCCCC(=O)OC(CCCCCC)CC(=O)O. The summed E-state index contributed by atoms with van der Waals surface area (Å²) in [4.78, 5) is 23.1. The summed E-state index contributed by atoms with van der Waals surface area (Å²) in [7, 11) is 0. The van der Waals surface area contributed by atoms with Crippen LogP contribution in [0.1, 0.15) is 155 Å². The Kier molecular flexibility index (Phi) is 25.8. The molecule has 0 spiro atoms. The Morgan fingerprint density at radius 1 is 0.657 bits per heavy atom. The van der Waals surface area contributed by atoms with Crippen LogP contribution >= 0.6 is 0 Å². The lowest BCUT2D eigenvalue weighted by atomic mass is 10.1. The van der Waals surface area contributed by atoms with Gasteiger partial charge in [0.1, 0.15) is 6.10 Å².